The summed E-state index contributed by atoms with van der Waals surface area (Å²) in [6, 6.07) is 9.08. The number of aromatic nitrogens is 1. The van der Waals surface area contributed by atoms with Gasteiger partial charge >= 0.3 is 5.97 Å². The molecule has 1 atom stereocenters. The van der Waals surface area contributed by atoms with Gasteiger partial charge in [-0.2, -0.15) is 0 Å². The lowest BCUT2D eigenvalue weighted by Crippen LogP contribution is -2.34. The molecule has 1 heterocycles. The Balaban J connectivity index is 2.30. The summed E-state index contributed by atoms with van der Waals surface area (Å²) in [6.07, 6.45) is 1.33. The highest BCUT2D eigenvalue weighted by molar-refractivity contribution is 6.31. The molecule has 1 amide bonds. The highest BCUT2D eigenvalue weighted by Gasteiger charge is 2.22. The van der Waals surface area contributed by atoms with E-state index in [9.17, 15) is 14.4 Å². The summed E-state index contributed by atoms with van der Waals surface area (Å²) in [5, 5.41) is 3.06. The van der Waals surface area contributed by atoms with Crippen LogP contribution in [0.4, 0.5) is 0 Å². The molecule has 1 aromatic carbocycles. The molecule has 7 heteroatoms. The molecule has 1 aromatic heterocycles. The highest BCUT2D eigenvalue weighted by Crippen LogP contribution is 2.25. The molecule has 0 aliphatic carbocycles. The summed E-state index contributed by atoms with van der Waals surface area (Å²) >= 11 is 6.14. The zero-order chi connectivity index (χ0) is 16.8. The molecule has 0 saturated heterocycles. The summed E-state index contributed by atoms with van der Waals surface area (Å²) in [5.41, 5.74) is 0.00988. The molecule has 6 nitrogen and oxygen atoms in total. The van der Waals surface area contributed by atoms with E-state index < -0.39 is 23.5 Å². The van der Waals surface area contributed by atoms with Crippen molar-refractivity contribution in [2.45, 2.75) is 12.5 Å². The van der Waals surface area contributed by atoms with E-state index >= 15 is 0 Å². The average molecular weight is 335 g/mol. The molecule has 0 saturated carbocycles. The number of carbonyl (C=O) groups is 2. The fourth-order valence-electron chi connectivity index (χ4n) is 2.08. The number of esters is 1. The van der Waals surface area contributed by atoms with Gasteiger partial charge in [-0.1, -0.05) is 29.8 Å². The van der Waals surface area contributed by atoms with Crippen molar-refractivity contribution >= 4 is 23.5 Å². The summed E-state index contributed by atoms with van der Waals surface area (Å²) in [7, 11) is 1.26. The minimum atomic E-state index is -0.705. The lowest BCUT2D eigenvalue weighted by atomic mass is 10.0. The average Bonchev–Trinajstić information content (AvgIpc) is 2.55. The fraction of sp³-hybridized carbons (Fsp3) is 0.188. The van der Waals surface area contributed by atoms with E-state index in [0.29, 0.717) is 10.6 Å². The van der Waals surface area contributed by atoms with Crippen LogP contribution in [0.2, 0.25) is 5.02 Å². The van der Waals surface area contributed by atoms with Gasteiger partial charge in [0.25, 0.3) is 11.5 Å². The van der Waals surface area contributed by atoms with Crippen molar-refractivity contribution in [3.63, 3.8) is 0 Å². The molecule has 0 fully saturated rings. The van der Waals surface area contributed by atoms with Gasteiger partial charge in [0.05, 0.1) is 19.6 Å². The van der Waals surface area contributed by atoms with E-state index in [2.05, 4.69) is 15.0 Å². The van der Waals surface area contributed by atoms with E-state index in [-0.39, 0.29) is 12.0 Å². The molecule has 23 heavy (non-hydrogen) atoms. The molecule has 2 aromatic rings. The van der Waals surface area contributed by atoms with Crippen molar-refractivity contribution < 1.29 is 14.3 Å². The smallest absolute Gasteiger partial charge is 0.307 e. The Morgan fingerprint density at radius 1 is 1.26 bits per heavy atom. The standard InChI is InChI=1S/C16H15ClN2O4/c1-23-14(20)9-13(10-5-2-3-7-12(10)17)19-16(22)11-6-4-8-18-15(11)21/h2-8,13H,9H2,1H3,(H,18,21)(H,19,22)/t13-/m1/s1. The van der Waals surface area contributed by atoms with E-state index in [4.69, 9.17) is 11.6 Å². The van der Waals surface area contributed by atoms with E-state index in [1.807, 2.05) is 0 Å². The Hall–Kier alpha value is -2.60. The number of halogens is 1. The fourth-order valence-corrected chi connectivity index (χ4v) is 2.35. The summed E-state index contributed by atoms with van der Waals surface area (Å²) in [6.45, 7) is 0. The zero-order valence-corrected chi connectivity index (χ0v) is 13.1. The molecule has 0 radical (unpaired) electrons. The van der Waals surface area contributed by atoms with Crippen LogP contribution in [0.5, 0.6) is 0 Å². The lowest BCUT2D eigenvalue weighted by molar-refractivity contribution is -0.141. The number of benzene rings is 1. The van der Waals surface area contributed by atoms with Gasteiger partial charge in [-0.25, -0.2) is 0 Å². The van der Waals surface area contributed by atoms with Crippen LogP contribution in [0.25, 0.3) is 0 Å². The van der Waals surface area contributed by atoms with Gasteiger partial charge in [0.15, 0.2) is 0 Å². The molecular weight excluding hydrogens is 320 g/mol. The predicted molar refractivity (Wildman–Crippen MR) is 85.4 cm³/mol. The first-order chi connectivity index (χ1) is 11.0. The maximum atomic E-state index is 12.3. The number of H-pyrrole nitrogens is 1. The van der Waals surface area contributed by atoms with Crippen LogP contribution in [0, 0.1) is 0 Å². The maximum absolute atomic E-state index is 12.3. The predicted octanol–water partition coefficient (Wildman–Crippen LogP) is 2.06. The molecule has 0 spiro atoms. The van der Waals surface area contributed by atoms with Crippen molar-refractivity contribution in [3.05, 3.63) is 69.1 Å². The Labute approximate surface area is 137 Å². The number of rotatable bonds is 5. The summed E-state index contributed by atoms with van der Waals surface area (Å²) in [5.74, 6) is -1.10. The van der Waals surface area contributed by atoms with Crippen molar-refractivity contribution in [3.8, 4) is 0 Å². The monoisotopic (exact) mass is 334 g/mol. The quantitative estimate of drug-likeness (QED) is 0.819. The first-order valence-corrected chi connectivity index (χ1v) is 7.20. The largest absolute Gasteiger partial charge is 0.469 e. The number of amides is 1. The van der Waals surface area contributed by atoms with Crippen LogP contribution in [-0.4, -0.2) is 24.0 Å². The normalized spacial score (nSPS) is 11.6. The Kier molecular flexibility index (Phi) is 5.54. The van der Waals surface area contributed by atoms with Crippen LogP contribution in [0.3, 0.4) is 0 Å². The third-order valence-corrected chi connectivity index (χ3v) is 3.59. The summed E-state index contributed by atoms with van der Waals surface area (Å²) in [4.78, 5) is 38.0. The number of nitrogens with one attached hydrogen (secondary N) is 2. The number of carbonyl (C=O) groups excluding carboxylic acids is 2. The minimum absolute atomic E-state index is 0.0468. The van der Waals surface area contributed by atoms with Gasteiger partial charge < -0.3 is 15.0 Å². The number of methoxy groups -OCH3 is 1. The van der Waals surface area contributed by atoms with Gasteiger partial charge in [0, 0.05) is 11.2 Å². The first kappa shape index (κ1) is 16.8. The second-order valence-electron chi connectivity index (χ2n) is 4.74. The van der Waals surface area contributed by atoms with Crippen LogP contribution in [-0.2, 0) is 9.53 Å². The molecule has 120 valence electrons. The number of aromatic amines is 1. The number of hydrogen-bond donors (Lipinski definition) is 2. The van der Waals surface area contributed by atoms with Gasteiger partial charge in [-0.15, -0.1) is 0 Å². The van der Waals surface area contributed by atoms with E-state index in [1.54, 1.807) is 30.3 Å². The molecule has 0 aliphatic heterocycles. The van der Waals surface area contributed by atoms with E-state index in [0.717, 1.165) is 0 Å². The topological polar surface area (TPSA) is 88.3 Å². The van der Waals surface area contributed by atoms with Crippen LogP contribution in [0.1, 0.15) is 28.4 Å². The van der Waals surface area contributed by atoms with Crippen molar-refractivity contribution in [1.82, 2.24) is 10.3 Å². The van der Waals surface area contributed by atoms with Crippen molar-refractivity contribution in [2.75, 3.05) is 7.11 Å². The van der Waals surface area contributed by atoms with E-state index in [1.165, 1.54) is 19.4 Å². The minimum Gasteiger partial charge on any atom is -0.469 e. The third kappa shape index (κ3) is 4.20. The second kappa shape index (κ2) is 7.60. The zero-order valence-electron chi connectivity index (χ0n) is 12.3. The molecular formula is C16H15ClN2O4. The SMILES string of the molecule is COC(=O)C[C@@H](NC(=O)c1ccc[nH]c1=O)c1ccccc1Cl. The number of ether oxygens (including phenoxy) is 1. The molecule has 0 unspecified atom stereocenters. The highest BCUT2D eigenvalue weighted by atomic mass is 35.5. The molecule has 0 bridgehead atoms. The molecule has 2 N–H and O–H groups in total. The Morgan fingerprint density at radius 3 is 2.65 bits per heavy atom. The van der Waals surface area contributed by atoms with Crippen LogP contribution >= 0.6 is 11.6 Å². The lowest BCUT2D eigenvalue weighted by Gasteiger charge is -2.19. The van der Waals surface area contributed by atoms with Gasteiger partial charge in [-0.3, -0.25) is 14.4 Å². The van der Waals surface area contributed by atoms with Crippen LogP contribution < -0.4 is 10.9 Å². The molecule has 2 rings (SSSR count). The second-order valence-corrected chi connectivity index (χ2v) is 5.15. The Bertz CT molecular complexity index is 772. The summed E-state index contributed by atoms with van der Waals surface area (Å²) < 4.78 is 4.65. The first-order valence-electron chi connectivity index (χ1n) is 6.82. The van der Waals surface area contributed by atoms with Crippen LogP contribution in [0.15, 0.2) is 47.4 Å². The van der Waals surface area contributed by atoms with Crippen molar-refractivity contribution in [1.29, 1.82) is 0 Å². The number of pyridine rings is 1. The van der Waals surface area contributed by atoms with Crippen molar-refractivity contribution in [2.24, 2.45) is 0 Å². The van der Waals surface area contributed by atoms with Gasteiger partial charge in [-0.05, 0) is 23.8 Å². The van der Waals surface area contributed by atoms with Gasteiger partial charge in [0.2, 0.25) is 0 Å². The molecule has 0 aliphatic rings. The Morgan fingerprint density at radius 2 is 2.00 bits per heavy atom. The third-order valence-electron chi connectivity index (χ3n) is 3.25. The number of hydrogen-bond acceptors (Lipinski definition) is 4. The van der Waals surface area contributed by atoms with Gasteiger partial charge in [0.1, 0.15) is 5.56 Å². The maximum Gasteiger partial charge on any atom is 0.307 e.